The van der Waals surface area contributed by atoms with Gasteiger partial charge in [-0.1, -0.05) is 34.1 Å². The number of carboxylic acid groups (broad SMARTS) is 2. The third-order valence-corrected chi connectivity index (χ3v) is 5.70. The Kier molecular flexibility index (Phi) is 15.5. The van der Waals surface area contributed by atoms with E-state index in [1.807, 2.05) is 13.8 Å². The summed E-state index contributed by atoms with van der Waals surface area (Å²) in [7, 11) is 0. The third-order valence-electron chi connectivity index (χ3n) is 5.70. The van der Waals surface area contributed by atoms with Crippen LogP contribution >= 0.6 is 0 Å². The van der Waals surface area contributed by atoms with Gasteiger partial charge < -0.3 is 37.6 Å². The SMILES string of the molecule is CCC(C)C(NC(=O)C(CCCCN)NC(=O)C(CCC(=O)O)NC(=O)C(N)CC(C)C)C(=O)O. The number of carbonyl (C=O) groups excluding carboxylic acids is 3. The predicted octanol–water partition coefficient (Wildman–Crippen LogP) is -0.0613. The second-order valence-corrected chi connectivity index (χ2v) is 9.29. The molecule has 35 heavy (non-hydrogen) atoms. The summed E-state index contributed by atoms with van der Waals surface area (Å²) in [5, 5.41) is 26.1. The van der Waals surface area contributed by atoms with Crippen LogP contribution in [0.25, 0.3) is 0 Å². The van der Waals surface area contributed by atoms with Gasteiger partial charge in [-0.15, -0.1) is 0 Å². The van der Waals surface area contributed by atoms with E-state index in [2.05, 4.69) is 16.0 Å². The zero-order valence-corrected chi connectivity index (χ0v) is 21.2. The average Bonchev–Trinajstić information content (AvgIpc) is 2.77. The number of nitrogens with two attached hydrogens (primary N) is 2. The van der Waals surface area contributed by atoms with Crippen LogP contribution in [0.15, 0.2) is 0 Å². The second kappa shape index (κ2) is 16.8. The summed E-state index contributed by atoms with van der Waals surface area (Å²) in [6, 6.07) is -4.34. The molecule has 0 aromatic rings. The Bertz CT molecular complexity index is 716. The Morgan fingerprint density at radius 2 is 1.37 bits per heavy atom. The molecule has 5 atom stereocenters. The van der Waals surface area contributed by atoms with Gasteiger partial charge in [0.2, 0.25) is 17.7 Å². The van der Waals surface area contributed by atoms with Crippen LogP contribution in [0.5, 0.6) is 0 Å². The van der Waals surface area contributed by atoms with E-state index in [1.165, 1.54) is 0 Å². The molecule has 0 saturated heterocycles. The fourth-order valence-electron chi connectivity index (χ4n) is 3.40. The van der Waals surface area contributed by atoms with E-state index >= 15 is 0 Å². The van der Waals surface area contributed by atoms with E-state index in [0.717, 1.165) is 0 Å². The van der Waals surface area contributed by atoms with Crippen molar-refractivity contribution in [2.45, 2.75) is 96.8 Å². The molecule has 0 rings (SSSR count). The monoisotopic (exact) mass is 501 g/mol. The number of hydrogen-bond donors (Lipinski definition) is 7. The number of carboxylic acids is 2. The van der Waals surface area contributed by atoms with Gasteiger partial charge in [-0.3, -0.25) is 19.2 Å². The highest BCUT2D eigenvalue weighted by molar-refractivity contribution is 5.94. The van der Waals surface area contributed by atoms with Gasteiger partial charge in [0.1, 0.15) is 18.1 Å². The zero-order chi connectivity index (χ0) is 27.1. The highest BCUT2D eigenvalue weighted by Crippen LogP contribution is 2.11. The second-order valence-electron chi connectivity index (χ2n) is 9.29. The van der Waals surface area contributed by atoms with Gasteiger partial charge in [0.05, 0.1) is 6.04 Å². The standard InChI is InChI=1S/C23H43N5O7/c1-5-14(4)19(23(34)35)28-22(33)16(8-6-7-11-24)27-21(32)17(9-10-18(29)30)26-20(31)15(25)12-13(2)3/h13-17,19H,5-12,24-25H2,1-4H3,(H,26,31)(H,27,32)(H,28,33)(H,29,30)(H,34,35). The van der Waals surface area contributed by atoms with Gasteiger partial charge in [0, 0.05) is 6.42 Å². The van der Waals surface area contributed by atoms with E-state index in [9.17, 15) is 29.1 Å². The molecule has 202 valence electrons. The van der Waals surface area contributed by atoms with Crippen molar-refractivity contribution in [1.29, 1.82) is 0 Å². The molecule has 0 radical (unpaired) electrons. The van der Waals surface area contributed by atoms with Crippen LogP contribution in [0.4, 0.5) is 0 Å². The molecule has 5 unspecified atom stereocenters. The molecule has 0 aliphatic heterocycles. The molecule has 0 aromatic carbocycles. The summed E-state index contributed by atoms with van der Waals surface area (Å²) < 4.78 is 0. The maximum Gasteiger partial charge on any atom is 0.326 e. The number of unbranched alkanes of at least 4 members (excludes halogenated alkanes) is 1. The molecule has 3 amide bonds. The molecule has 0 bridgehead atoms. The summed E-state index contributed by atoms with van der Waals surface area (Å²) in [5.74, 6) is -4.59. The highest BCUT2D eigenvalue weighted by Gasteiger charge is 2.32. The number of amides is 3. The zero-order valence-electron chi connectivity index (χ0n) is 21.2. The largest absolute Gasteiger partial charge is 0.481 e. The topological polar surface area (TPSA) is 214 Å². The van der Waals surface area contributed by atoms with Crippen LogP contribution in [0, 0.1) is 11.8 Å². The van der Waals surface area contributed by atoms with Crippen LogP contribution in [-0.2, 0) is 24.0 Å². The van der Waals surface area contributed by atoms with Crippen molar-refractivity contribution in [2.75, 3.05) is 6.54 Å². The minimum Gasteiger partial charge on any atom is -0.481 e. The molecule has 12 heteroatoms. The molecule has 0 heterocycles. The van der Waals surface area contributed by atoms with Gasteiger partial charge >= 0.3 is 11.9 Å². The summed E-state index contributed by atoms with van der Waals surface area (Å²) >= 11 is 0. The fourth-order valence-corrected chi connectivity index (χ4v) is 3.40. The van der Waals surface area contributed by atoms with Crippen LogP contribution in [0.3, 0.4) is 0 Å². The molecule has 0 aromatic heterocycles. The van der Waals surface area contributed by atoms with Gasteiger partial charge in [-0.25, -0.2) is 4.79 Å². The molecule has 0 spiro atoms. The van der Waals surface area contributed by atoms with Crippen molar-refractivity contribution < 1.29 is 34.2 Å². The fraction of sp³-hybridized carbons (Fsp3) is 0.783. The summed E-state index contributed by atoms with van der Waals surface area (Å²) in [5.41, 5.74) is 11.4. The minimum atomic E-state index is -1.23. The molecule has 9 N–H and O–H groups in total. The lowest BCUT2D eigenvalue weighted by molar-refractivity contribution is -0.144. The molecule has 0 aliphatic carbocycles. The first-order chi connectivity index (χ1) is 16.3. The lowest BCUT2D eigenvalue weighted by Gasteiger charge is -2.26. The van der Waals surface area contributed by atoms with E-state index in [0.29, 0.717) is 32.2 Å². The minimum absolute atomic E-state index is 0.130. The van der Waals surface area contributed by atoms with Crippen LogP contribution < -0.4 is 27.4 Å². The van der Waals surface area contributed by atoms with Crippen molar-refractivity contribution in [2.24, 2.45) is 23.3 Å². The molecular weight excluding hydrogens is 458 g/mol. The van der Waals surface area contributed by atoms with Crippen molar-refractivity contribution >= 4 is 29.7 Å². The van der Waals surface area contributed by atoms with E-state index in [1.54, 1.807) is 13.8 Å². The van der Waals surface area contributed by atoms with E-state index in [-0.39, 0.29) is 24.7 Å². The van der Waals surface area contributed by atoms with Crippen LogP contribution in [-0.4, -0.2) is 70.6 Å². The van der Waals surface area contributed by atoms with Gasteiger partial charge in [-0.2, -0.15) is 0 Å². The number of rotatable bonds is 18. The van der Waals surface area contributed by atoms with Gasteiger partial charge in [0.25, 0.3) is 0 Å². The first-order valence-electron chi connectivity index (χ1n) is 12.1. The first kappa shape index (κ1) is 32.3. The predicted molar refractivity (Wildman–Crippen MR) is 130 cm³/mol. The lowest BCUT2D eigenvalue weighted by Crippen LogP contribution is -2.57. The quantitative estimate of drug-likeness (QED) is 0.125. The lowest BCUT2D eigenvalue weighted by atomic mass is 9.98. The highest BCUT2D eigenvalue weighted by atomic mass is 16.4. The van der Waals surface area contributed by atoms with Crippen molar-refractivity contribution in [3.8, 4) is 0 Å². The van der Waals surface area contributed by atoms with Crippen molar-refractivity contribution in [3.05, 3.63) is 0 Å². The first-order valence-corrected chi connectivity index (χ1v) is 12.1. The number of nitrogens with one attached hydrogen (secondary N) is 3. The maximum atomic E-state index is 13.0. The van der Waals surface area contributed by atoms with E-state index in [4.69, 9.17) is 16.6 Å². The van der Waals surface area contributed by atoms with Gasteiger partial charge in [-0.05, 0) is 50.5 Å². The third kappa shape index (κ3) is 13.1. The Morgan fingerprint density at radius 3 is 1.86 bits per heavy atom. The smallest absolute Gasteiger partial charge is 0.326 e. The number of hydrogen-bond acceptors (Lipinski definition) is 7. The average molecular weight is 502 g/mol. The Labute approximate surface area is 206 Å². The summed E-state index contributed by atoms with van der Waals surface area (Å²) in [6.07, 6.45) is 1.54. The molecule has 12 nitrogen and oxygen atoms in total. The summed E-state index contributed by atoms with van der Waals surface area (Å²) in [6.45, 7) is 7.63. The van der Waals surface area contributed by atoms with Crippen molar-refractivity contribution in [1.82, 2.24) is 16.0 Å². The number of carbonyl (C=O) groups is 5. The maximum absolute atomic E-state index is 13.0. The molecular formula is C23H43N5O7. The Hall–Kier alpha value is -2.73. The van der Waals surface area contributed by atoms with Crippen LogP contribution in [0.1, 0.15) is 72.6 Å². The molecule has 0 fully saturated rings. The van der Waals surface area contributed by atoms with Crippen molar-refractivity contribution in [3.63, 3.8) is 0 Å². The van der Waals surface area contributed by atoms with E-state index < -0.39 is 60.2 Å². The van der Waals surface area contributed by atoms with Gasteiger partial charge in [0.15, 0.2) is 0 Å². The number of aliphatic carboxylic acids is 2. The Balaban J connectivity index is 5.62. The Morgan fingerprint density at radius 1 is 0.829 bits per heavy atom. The molecule has 0 aliphatic rings. The normalized spacial score (nSPS) is 15.4. The summed E-state index contributed by atoms with van der Waals surface area (Å²) in [4.78, 5) is 61.1. The van der Waals surface area contributed by atoms with Crippen LogP contribution in [0.2, 0.25) is 0 Å². The molecule has 0 saturated carbocycles.